The molecule has 0 aliphatic carbocycles. The van der Waals surface area contributed by atoms with Crippen molar-refractivity contribution in [3.63, 3.8) is 0 Å². The molecule has 4 rings (SSSR count). The lowest BCUT2D eigenvalue weighted by atomic mass is 10.1. The smallest absolute Gasteiger partial charge is 0.223 e. The molecule has 2 aliphatic rings. The molecule has 8 nitrogen and oxygen atoms in total. The van der Waals surface area contributed by atoms with Gasteiger partial charge in [0.25, 0.3) is 0 Å². The summed E-state index contributed by atoms with van der Waals surface area (Å²) >= 11 is 6.74. The number of ether oxygens (including phenoxy) is 4. The van der Waals surface area contributed by atoms with Crippen molar-refractivity contribution in [1.29, 1.82) is 0 Å². The van der Waals surface area contributed by atoms with E-state index in [1.807, 2.05) is 36.9 Å². The van der Waals surface area contributed by atoms with E-state index in [4.69, 9.17) is 30.5 Å². The summed E-state index contributed by atoms with van der Waals surface area (Å²) in [5, 5.41) is 0.451. The average molecular weight is 557 g/mol. The minimum atomic E-state index is 0.110. The summed E-state index contributed by atoms with van der Waals surface area (Å²) in [7, 11) is 3.16. The molecular weight excluding hydrogens is 520 g/mol. The number of amides is 2. The molecule has 2 aromatic carbocycles. The SMILES string of the molecule is C=C(COc1cc2c(cc1OC)CN(C(=O)CCC)C2)COc1c(OC)cc2c(c1Cl)CN(C(=O)CCC)C2. The van der Waals surface area contributed by atoms with E-state index in [0.29, 0.717) is 72.6 Å². The van der Waals surface area contributed by atoms with E-state index in [9.17, 15) is 9.59 Å². The fourth-order valence-electron chi connectivity index (χ4n) is 4.92. The molecule has 0 radical (unpaired) electrons. The Morgan fingerprint density at radius 3 is 1.90 bits per heavy atom. The van der Waals surface area contributed by atoms with E-state index < -0.39 is 0 Å². The molecule has 2 aliphatic heterocycles. The van der Waals surface area contributed by atoms with Crippen LogP contribution in [0.2, 0.25) is 5.02 Å². The first-order chi connectivity index (χ1) is 18.8. The first-order valence-electron chi connectivity index (χ1n) is 13.3. The van der Waals surface area contributed by atoms with Crippen molar-refractivity contribution < 1.29 is 28.5 Å². The lowest BCUT2D eigenvalue weighted by molar-refractivity contribution is -0.132. The standard InChI is InChI=1S/C30H37ClN2O6/c1-6-8-27(34)32-13-20-10-24(36-4)25(11-21(20)14-32)38-17-19(3)18-39-30-26(37-5)12-22-15-33(28(35)9-7-2)16-23(22)29(30)31/h10-12H,3,6-9,13-18H2,1-2,4-5H3. The highest BCUT2D eigenvalue weighted by Gasteiger charge is 2.29. The predicted molar refractivity (Wildman–Crippen MR) is 149 cm³/mol. The number of carbonyl (C=O) groups excluding carboxylic acids is 2. The molecule has 0 spiro atoms. The largest absolute Gasteiger partial charge is 0.493 e. The summed E-state index contributed by atoms with van der Waals surface area (Å²) in [6.45, 7) is 10.6. The molecular formula is C30H37ClN2O6. The van der Waals surface area contributed by atoms with Gasteiger partial charge in [-0.1, -0.05) is 32.0 Å². The maximum Gasteiger partial charge on any atom is 0.223 e. The van der Waals surface area contributed by atoms with E-state index in [-0.39, 0.29) is 25.0 Å². The van der Waals surface area contributed by atoms with Crippen LogP contribution in [0, 0.1) is 0 Å². The Labute approximate surface area is 235 Å². The number of hydrogen-bond acceptors (Lipinski definition) is 6. The number of hydrogen-bond donors (Lipinski definition) is 0. The van der Waals surface area contributed by atoms with Crippen molar-refractivity contribution in [2.45, 2.75) is 65.7 Å². The molecule has 2 heterocycles. The van der Waals surface area contributed by atoms with Gasteiger partial charge >= 0.3 is 0 Å². The first-order valence-corrected chi connectivity index (χ1v) is 13.7. The van der Waals surface area contributed by atoms with Gasteiger partial charge < -0.3 is 28.7 Å². The Bertz CT molecular complexity index is 1260. The van der Waals surface area contributed by atoms with Crippen molar-refractivity contribution in [3.8, 4) is 23.0 Å². The van der Waals surface area contributed by atoms with Crippen molar-refractivity contribution in [2.24, 2.45) is 0 Å². The summed E-state index contributed by atoms with van der Waals surface area (Å²) in [6.07, 6.45) is 2.68. The zero-order chi connectivity index (χ0) is 28.1. The van der Waals surface area contributed by atoms with Gasteiger partial charge in [0, 0.05) is 39.0 Å². The highest BCUT2D eigenvalue weighted by Crippen LogP contribution is 2.43. The molecule has 2 amide bonds. The molecule has 0 bridgehead atoms. The van der Waals surface area contributed by atoms with Crippen LogP contribution < -0.4 is 18.9 Å². The first kappa shape index (κ1) is 28.6. The Morgan fingerprint density at radius 1 is 0.795 bits per heavy atom. The lowest BCUT2D eigenvalue weighted by Gasteiger charge is -2.17. The van der Waals surface area contributed by atoms with Crippen LogP contribution in [-0.4, -0.2) is 49.0 Å². The van der Waals surface area contributed by atoms with Crippen LogP contribution in [0.1, 0.15) is 61.8 Å². The monoisotopic (exact) mass is 556 g/mol. The Morgan fingerprint density at radius 2 is 1.31 bits per heavy atom. The van der Waals surface area contributed by atoms with Gasteiger partial charge in [-0.15, -0.1) is 0 Å². The number of halogens is 1. The van der Waals surface area contributed by atoms with Crippen molar-refractivity contribution in [1.82, 2.24) is 9.80 Å². The summed E-state index contributed by atoms with van der Waals surface area (Å²) in [6, 6.07) is 5.76. The number of benzene rings is 2. The zero-order valence-electron chi connectivity index (χ0n) is 23.2. The second-order valence-electron chi connectivity index (χ2n) is 9.96. The second-order valence-corrected chi connectivity index (χ2v) is 10.3. The summed E-state index contributed by atoms with van der Waals surface area (Å²) in [5.74, 6) is 2.40. The van der Waals surface area contributed by atoms with Gasteiger partial charge in [-0.2, -0.15) is 0 Å². The van der Waals surface area contributed by atoms with Gasteiger partial charge in [-0.05, 0) is 58.9 Å². The molecule has 0 saturated carbocycles. The van der Waals surface area contributed by atoms with E-state index in [2.05, 4.69) is 6.58 Å². The fourth-order valence-corrected chi connectivity index (χ4v) is 5.25. The Kier molecular flexibility index (Phi) is 9.28. The van der Waals surface area contributed by atoms with Crippen LogP contribution in [0.5, 0.6) is 23.0 Å². The Hall–Kier alpha value is -3.39. The van der Waals surface area contributed by atoms with Gasteiger partial charge in [0.15, 0.2) is 23.0 Å². The number of rotatable bonds is 12. The molecule has 39 heavy (non-hydrogen) atoms. The van der Waals surface area contributed by atoms with Crippen molar-refractivity contribution >= 4 is 23.4 Å². The van der Waals surface area contributed by atoms with E-state index in [1.165, 1.54) is 0 Å². The maximum absolute atomic E-state index is 12.4. The van der Waals surface area contributed by atoms with E-state index in [0.717, 1.165) is 35.1 Å². The highest BCUT2D eigenvalue weighted by molar-refractivity contribution is 6.33. The van der Waals surface area contributed by atoms with Crippen LogP contribution in [0.3, 0.4) is 0 Å². The molecule has 210 valence electrons. The van der Waals surface area contributed by atoms with Crippen LogP contribution >= 0.6 is 11.6 Å². The van der Waals surface area contributed by atoms with E-state index in [1.54, 1.807) is 19.1 Å². The van der Waals surface area contributed by atoms with Crippen LogP contribution in [-0.2, 0) is 35.8 Å². The van der Waals surface area contributed by atoms with Crippen molar-refractivity contribution in [2.75, 3.05) is 27.4 Å². The molecule has 0 fully saturated rings. The molecule has 0 unspecified atom stereocenters. The topological polar surface area (TPSA) is 77.5 Å². The molecule has 0 N–H and O–H groups in total. The van der Waals surface area contributed by atoms with Crippen LogP contribution in [0.4, 0.5) is 0 Å². The number of nitrogens with zero attached hydrogens (tertiary/aromatic N) is 2. The van der Waals surface area contributed by atoms with Crippen molar-refractivity contribution in [3.05, 3.63) is 57.6 Å². The molecule has 0 saturated heterocycles. The Balaban J connectivity index is 1.39. The second kappa shape index (κ2) is 12.6. The van der Waals surface area contributed by atoms with Gasteiger partial charge in [-0.3, -0.25) is 9.59 Å². The summed E-state index contributed by atoms with van der Waals surface area (Å²) in [5.41, 5.74) is 4.66. The highest BCUT2D eigenvalue weighted by atomic mass is 35.5. The summed E-state index contributed by atoms with van der Waals surface area (Å²) < 4.78 is 23.2. The van der Waals surface area contributed by atoms with Crippen LogP contribution in [0.15, 0.2) is 30.4 Å². The lowest BCUT2D eigenvalue weighted by Crippen LogP contribution is -2.24. The number of carbonyl (C=O) groups is 2. The van der Waals surface area contributed by atoms with Crippen LogP contribution in [0.25, 0.3) is 0 Å². The number of methoxy groups -OCH3 is 2. The third kappa shape index (κ3) is 6.27. The van der Waals surface area contributed by atoms with Gasteiger partial charge in [0.1, 0.15) is 13.2 Å². The van der Waals surface area contributed by atoms with Gasteiger partial charge in [0.2, 0.25) is 11.8 Å². The zero-order valence-corrected chi connectivity index (χ0v) is 24.0. The third-order valence-electron chi connectivity index (χ3n) is 7.00. The minimum absolute atomic E-state index is 0.110. The predicted octanol–water partition coefficient (Wildman–Crippen LogP) is 5.66. The van der Waals surface area contributed by atoms with E-state index >= 15 is 0 Å². The summed E-state index contributed by atoms with van der Waals surface area (Å²) in [4.78, 5) is 28.4. The van der Waals surface area contributed by atoms with Gasteiger partial charge in [-0.25, -0.2) is 0 Å². The molecule has 0 atom stereocenters. The average Bonchev–Trinajstić information content (AvgIpc) is 3.55. The minimum Gasteiger partial charge on any atom is -0.493 e. The molecule has 0 aromatic heterocycles. The third-order valence-corrected chi connectivity index (χ3v) is 7.40. The quantitative estimate of drug-likeness (QED) is 0.314. The van der Waals surface area contributed by atoms with Gasteiger partial charge in [0.05, 0.1) is 19.2 Å². The molecule has 2 aromatic rings. The fraction of sp³-hybridized carbons (Fsp3) is 0.467. The maximum atomic E-state index is 12.4. The molecule has 9 heteroatoms. The normalized spacial score (nSPS) is 13.7. The number of fused-ring (bicyclic) bond motifs is 2.